The third kappa shape index (κ3) is 2.07. The van der Waals surface area contributed by atoms with Gasteiger partial charge >= 0.3 is 0 Å². The van der Waals surface area contributed by atoms with Crippen LogP contribution in [0, 0.1) is 5.92 Å². The van der Waals surface area contributed by atoms with E-state index in [1.54, 1.807) is 0 Å². The highest BCUT2D eigenvalue weighted by Crippen LogP contribution is 2.14. The van der Waals surface area contributed by atoms with Crippen molar-refractivity contribution in [3.63, 3.8) is 0 Å². The van der Waals surface area contributed by atoms with Gasteiger partial charge in [-0.2, -0.15) is 0 Å². The average molecular weight is 291 g/mol. The van der Waals surface area contributed by atoms with Gasteiger partial charge in [-0.25, -0.2) is 4.99 Å². The molecule has 0 saturated heterocycles. The van der Waals surface area contributed by atoms with Crippen molar-refractivity contribution in [2.45, 2.75) is 0 Å². The molecule has 0 radical (unpaired) electrons. The molecule has 0 saturated carbocycles. The first-order valence-electron chi connectivity index (χ1n) is 2.74. The van der Waals surface area contributed by atoms with Crippen molar-refractivity contribution in [3.8, 4) is 0 Å². The molecule has 0 N–H and O–H groups in total. The maximum atomic E-state index is 5.76. The summed E-state index contributed by atoms with van der Waals surface area (Å²) in [6.07, 6.45) is 0. The van der Waals surface area contributed by atoms with Gasteiger partial charge in [-0.05, 0) is 11.6 Å². The molecule has 5 heteroatoms. The SMILES string of the molecule is ClC1=NCC(CI)C(Cl)=N1. The van der Waals surface area contributed by atoms with Gasteiger partial charge in [0.05, 0.1) is 6.54 Å². The molecule has 1 aliphatic heterocycles. The molecule has 56 valence electrons. The van der Waals surface area contributed by atoms with E-state index < -0.39 is 0 Å². The molecule has 0 spiro atoms. The Bertz CT molecular complexity index is 190. The van der Waals surface area contributed by atoms with Gasteiger partial charge in [0.1, 0.15) is 5.17 Å². The molecule has 0 aromatic heterocycles. The topological polar surface area (TPSA) is 24.7 Å². The number of halogens is 3. The standard InChI is InChI=1S/C5H5Cl2IN2/c6-4-3(1-8)2-9-5(7)10-4/h3H,1-2H2. The van der Waals surface area contributed by atoms with Gasteiger partial charge in [-0.3, -0.25) is 4.99 Å². The van der Waals surface area contributed by atoms with Gasteiger partial charge in [0, 0.05) is 10.3 Å². The maximum Gasteiger partial charge on any atom is 0.218 e. The zero-order valence-electron chi connectivity index (χ0n) is 5.02. The minimum absolute atomic E-state index is 0.268. The Balaban J connectivity index is 2.68. The molecule has 0 aromatic carbocycles. The van der Waals surface area contributed by atoms with E-state index in [4.69, 9.17) is 23.2 Å². The lowest BCUT2D eigenvalue weighted by Crippen LogP contribution is -2.19. The van der Waals surface area contributed by atoms with Crippen LogP contribution in [0.5, 0.6) is 0 Å². The van der Waals surface area contributed by atoms with Crippen molar-refractivity contribution in [2.75, 3.05) is 11.0 Å². The van der Waals surface area contributed by atoms with Gasteiger partial charge in [-0.1, -0.05) is 34.2 Å². The Morgan fingerprint density at radius 3 is 2.80 bits per heavy atom. The number of hydrogen-bond acceptors (Lipinski definition) is 2. The Kier molecular flexibility index (Phi) is 3.39. The van der Waals surface area contributed by atoms with Crippen LogP contribution >= 0.6 is 45.8 Å². The monoisotopic (exact) mass is 290 g/mol. The summed E-state index contributed by atoms with van der Waals surface area (Å²) < 4.78 is 0.938. The summed E-state index contributed by atoms with van der Waals surface area (Å²) in [6.45, 7) is 0.671. The highest BCUT2D eigenvalue weighted by Gasteiger charge is 2.16. The van der Waals surface area contributed by atoms with Gasteiger partial charge < -0.3 is 0 Å². The third-order valence-corrected chi connectivity index (χ3v) is 2.82. The average Bonchev–Trinajstić information content (AvgIpc) is 1.88. The molecule has 0 amide bonds. The summed E-state index contributed by atoms with van der Waals surface area (Å²) in [6, 6.07) is 0. The molecule has 0 fully saturated rings. The molecule has 1 aliphatic rings. The van der Waals surface area contributed by atoms with Crippen LogP contribution in [0.1, 0.15) is 0 Å². The summed E-state index contributed by atoms with van der Waals surface area (Å²) in [5, 5.41) is 0.848. The van der Waals surface area contributed by atoms with Crippen molar-refractivity contribution >= 4 is 56.3 Å². The summed E-state index contributed by atoms with van der Waals surface area (Å²) in [5.41, 5.74) is 0. The lowest BCUT2D eigenvalue weighted by molar-refractivity contribution is 0.808. The molecular formula is C5H5Cl2IN2. The van der Waals surface area contributed by atoms with Crippen LogP contribution in [0.15, 0.2) is 9.98 Å². The molecule has 0 aliphatic carbocycles. The number of aliphatic imine (C=N–C) groups is 2. The summed E-state index contributed by atoms with van der Waals surface area (Å²) in [4.78, 5) is 7.77. The van der Waals surface area contributed by atoms with Crippen LogP contribution in [0.3, 0.4) is 0 Å². The number of hydrogen-bond donors (Lipinski definition) is 0. The van der Waals surface area contributed by atoms with Crippen molar-refractivity contribution in [1.29, 1.82) is 0 Å². The first-order chi connectivity index (χ1) is 4.74. The van der Waals surface area contributed by atoms with Crippen LogP contribution in [-0.4, -0.2) is 21.4 Å². The Labute approximate surface area is 82.9 Å². The van der Waals surface area contributed by atoms with Gasteiger partial charge in [0.2, 0.25) is 5.29 Å². The van der Waals surface area contributed by atoms with E-state index in [-0.39, 0.29) is 11.2 Å². The molecule has 1 heterocycles. The second-order valence-corrected chi connectivity index (χ2v) is 3.50. The predicted molar refractivity (Wildman–Crippen MR) is 53.8 cm³/mol. The van der Waals surface area contributed by atoms with E-state index in [0.29, 0.717) is 11.7 Å². The third-order valence-electron chi connectivity index (χ3n) is 1.16. The Morgan fingerprint density at radius 2 is 2.30 bits per heavy atom. The fourth-order valence-corrected chi connectivity index (χ4v) is 1.97. The number of alkyl halides is 1. The second kappa shape index (κ2) is 3.88. The van der Waals surface area contributed by atoms with Crippen LogP contribution in [0.25, 0.3) is 0 Å². The van der Waals surface area contributed by atoms with E-state index in [9.17, 15) is 0 Å². The normalized spacial score (nSPS) is 25.7. The fourth-order valence-electron chi connectivity index (χ4n) is 0.588. The lowest BCUT2D eigenvalue weighted by Gasteiger charge is -2.12. The quantitative estimate of drug-likeness (QED) is 0.402. The fraction of sp³-hybridized carbons (Fsp3) is 0.600. The maximum absolute atomic E-state index is 5.76. The highest BCUT2D eigenvalue weighted by atomic mass is 127. The molecule has 1 unspecified atom stereocenters. The number of rotatable bonds is 1. The van der Waals surface area contributed by atoms with Gasteiger partial charge in [0.25, 0.3) is 0 Å². The van der Waals surface area contributed by atoms with Crippen molar-refractivity contribution in [3.05, 3.63) is 0 Å². The molecule has 0 aromatic rings. The molecule has 2 nitrogen and oxygen atoms in total. The summed E-state index contributed by atoms with van der Waals surface area (Å²) >= 11 is 13.5. The van der Waals surface area contributed by atoms with Crippen LogP contribution in [0.4, 0.5) is 0 Å². The minimum Gasteiger partial charge on any atom is -0.255 e. The van der Waals surface area contributed by atoms with Crippen molar-refractivity contribution < 1.29 is 0 Å². The first kappa shape index (κ1) is 8.74. The molecule has 0 bridgehead atoms. The highest BCUT2D eigenvalue weighted by molar-refractivity contribution is 14.1. The number of nitrogens with zero attached hydrogens (tertiary/aromatic N) is 2. The molecule has 1 atom stereocenters. The van der Waals surface area contributed by atoms with E-state index in [0.717, 1.165) is 4.43 Å². The largest absolute Gasteiger partial charge is 0.255 e. The Morgan fingerprint density at radius 1 is 1.60 bits per heavy atom. The van der Waals surface area contributed by atoms with Crippen LogP contribution in [0.2, 0.25) is 0 Å². The van der Waals surface area contributed by atoms with Gasteiger partial charge in [-0.15, -0.1) is 0 Å². The van der Waals surface area contributed by atoms with Crippen LogP contribution < -0.4 is 0 Å². The Hall–Kier alpha value is 0.650. The first-order valence-corrected chi connectivity index (χ1v) is 5.02. The molecule has 10 heavy (non-hydrogen) atoms. The second-order valence-electron chi connectivity index (χ2n) is 1.90. The summed E-state index contributed by atoms with van der Waals surface area (Å²) in [7, 11) is 0. The van der Waals surface area contributed by atoms with E-state index in [2.05, 4.69) is 32.6 Å². The van der Waals surface area contributed by atoms with E-state index in [1.807, 2.05) is 0 Å². The summed E-state index contributed by atoms with van der Waals surface area (Å²) in [5.74, 6) is 0.268. The zero-order chi connectivity index (χ0) is 7.56. The van der Waals surface area contributed by atoms with Crippen LogP contribution in [-0.2, 0) is 0 Å². The van der Waals surface area contributed by atoms with Crippen molar-refractivity contribution in [2.24, 2.45) is 15.9 Å². The van der Waals surface area contributed by atoms with Crippen molar-refractivity contribution in [1.82, 2.24) is 0 Å². The molecular weight excluding hydrogens is 286 g/mol. The van der Waals surface area contributed by atoms with E-state index in [1.165, 1.54) is 0 Å². The minimum atomic E-state index is 0.268. The predicted octanol–water partition coefficient (Wildman–Crippen LogP) is 2.28. The number of amidine groups is 1. The van der Waals surface area contributed by atoms with Gasteiger partial charge in [0.15, 0.2) is 0 Å². The smallest absolute Gasteiger partial charge is 0.218 e. The lowest BCUT2D eigenvalue weighted by atomic mass is 10.2. The van der Waals surface area contributed by atoms with E-state index >= 15 is 0 Å². The molecule has 1 rings (SSSR count). The zero-order valence-corrected chi connectivity index (χ0v) is 8.69.